The number of piperidine rings is 1. The van der Waals surface area contributed by atoms with Gasteiger partial charge in [0.05, 0.1) is 5.60 Å². The molecule has 1 saturated heterocycles. The lowest BCUT2D eigenvalue weighted by Crippen LogP contribution is -2.54. The molecule has 3 aromatic carbocycles. The lowest BCUT2D eigenvalue weighted by Gasteiger charge is -2.47. The van der Waals surface area contributed by atoms with Crippen LogP contribution < -0.4 is 10.4 Å². The Morgan fingerprint density at radius 3 is 2.73 bits per heavy atom. The molecule has 2 heterocycles. The van der Waals surface area contributed by atoms with Gasteiger partial charge in [-0.05, 0) is 73.6 Å². The standard InChI is InChI=1S/C34H37NO5/c1-22-27-13-15-30(39-21-25-10-7-9-24-8-3-4-12-29(24)25)23(2)32(27)40-33(37)28(22)14-16-31(36)35-19-18-34(38)17-6-5-11-26(34)20-35/h3-4,7-10,12-13,15,26,38H,5-6,11,14,16-21H2,1-2H3/t26-,34-/m1/s1. The van der Waals surface area contributed by atoms with E-state index in [1.807, 2.05) is 49.1 Å². The molecule has 208 valence electrons. The van der Waals surface area contributed by atoms with Gasteiger partial charge in [-0.3, -0.25) is 4.79 Å². The number of carbonyl (C=O) groups excluding carboxylic acids is 1. The summed E-state index contributed by atoms with van der Waals surface area (Å²) in [5.74, 6) is 0.880. The van der Waals surface area contributed by atoms with Gasteiger partial charge in [0.25, 0.3) is 0 Å². The molecule has 2 atom stereocenters. The number of fused-ring (bicyclic) bond motifs is 3. The van der Waals surface area contributed by atoms with E-state index >= 15 is 0 Å². The molecule has 1 aromatic heterocycles. The molecule has 2 fully saturated rings. The van der Waals surface area contributed by atoms with Crippen molar-refractivity contribution < 1.29 is 19.1 Å². The van der Waals surface area contributed by atoms with Crippen LogP contribution in [0.5, 0.6) is 5.75 Å². The highest BCUT2D eigenvalue weighted by atomic mass is 16.5. The summed E-state index contributed by atoms with van der Waals surface area (Å²) >= 11 is 0. The second kappa shape index (κ2) is 10.7. The van der Waals surface area contributed by atoms with Crippen molar-refractivity contribution in [2.45, 2.75) is 71.0 Å². The second-order valence-corrected chi connectivity index (χ2v) is 11.6. The maximum atomic E-state index is 13.1. The first kappa shape index (κ1) is 26.6. The van der Waals surface area contributed by atoms with Crippen molar-refractivity contribution in [2.75, 3.05) is 13.1 Å². The van der Waals surface area contributed by atoms with Gasteiger partial charge in [-0.1, -0.05) is 55.3 Å². The van der Waals surface area contributed by atoms with Crippen LogP contribution in [0.4, 0.5) is 0 Å². The van der Waals surface area contributed by atoms with Crippen molar-refractivity contribution in [1.29, 1.82) is 0 Å². The van der Waals surface area contributed by atoms with Crippen LogP contribution in [-0.4, -0.2) is 34.6 Å². The molecule has 2 aliphatic rings. The van der Waals surface area contributed by atoms with E-state index in [1.165, 1.54) is 5.39 Å². The molecular weight excluding hydrogens is 502 g/mol. The minimum atomic E-state index is -0.611. The molecular formula is C34H37NO5. The summed E-state index contributed by atoms with van der Waals surface area (Å²) in [7, 11) is 0. The topological polar surface area (TPSA) is 80.0 Å². The summed E-state index contributed by atoms with van der Waals surface area (Å²) in [6, 6.07) is 18.3. The Morgan fingerprint density at radius 2 is 1.85 bits per heavy atom. The maximum Gasteiger partial charge on any atom is 0.339 e. The molecule has 1 amide bonds. The van der Waals surface area contributed by atoms with Gasteiger partial charge >= 0.3 is 5.63 Å². The van der Waals surface area contributed by atoms with E-state index in [9.17, 15) is 14.7 Å². The number of hydrogen-bond acceptors (Lipinski definition) is 5. The smallest absolute Gasteiger partial charge is 0.339 e. The zero-order valence-electron chi connectivity index (χ0n) is 23.4. The number of nitrogens with zero attached hydrogens (tertiary/aromatic N) is 1. The third kappa shape index (κ3) is 4.90. The summed E-state index contributed by atoms with van der Waals surface area (Å²) in [5.41, 5.74) is 2.80. The Balaban J connectivity index is 1.17. The summed E-state index contributed by atoms with van der Waals surface area (Å²) in [6.45, 7) is 5.44. The summed E-state index contributed by atoms with van der Waals surface area (Å²) in [4.78, 5) is 28.1. The number of ether oxygens (including phenoxy) is 1. The summed E-state index contributed by atoms with van der Waals surface area (Å²) in [6.07, 6.45) is 5.23. The van der Waals surface area contributed by atoms with Crippen molar-refractivity contribution in [3.8, 4) is 5.75 Å². The van der Waals surface area contributed by atoms with Gasteiger partial charge < -0.3 is 19.2 Å². The quantitative estimate of drug-likeness (QED) is 0.294. The summed E-state index contributed by atoms with van der Waals surface area (Å²) < 4.78 is 12.0. The zero-order valence-corrected chi connectivity index (χ0v) is 23.4. The number of benzene rings is 3. The fourth-order valence-electron chi connectivity index (χ4n) is 6.78. The van der Waals surface area contributed by atoms with Gasteiger partial charge in [0, 0.05) is 41.9 Å². The molecule has 0 unspecified atom stereocenters. The van der Waals surface area contributed by atoms with Gasteiger partial charge in [0.2, 0.25) is 5.91 Å². The van der Waals surface area contributed by atoms with Gasteiger partial charge in [-0.15, -0.1) is 0 Å². The Kier molecular flexibility index (Phi) is 7.13. The van der Waals surface area contributed by atoms with Crippen LogP contribution in [0.1, 0.15) is 60.8 Å². The van der Waals surface area contributed by atoms with Gasteiger partial charge in [-0.25, -0.2) is 4.79 Å². The Morgan fingerprint density at radius 1 is 1.02 bits per heavy atom. The highest BCUT2D eigenvalue weighted by Crippen LogP contribution is 2.40. The lowest BCUT2D eigenvalue weighted by atomic mass is 9.71. The molecule has 1 saturated carbocycles. The highest BCUT2D eigenvalue weighted by Gasteiger charge is 2.43. The molecule has 4 aromatic rings. The Labute approximate surface area is 234 Å². The second-order valence-electron chi connectivity index (χ2n) is 11.6. The minimum Gasteiger partial charge on any atom is -0.488 e. The fourth-order valence-corrected chi connectivity index (χ4v) is 6.78. The third-order valence-electron chi connectivity index (χ3n) is 9.29. The van der Waals surface area contributed by atoms with E-state index in [4.69, 9.17) is 9.15 Å². The molecule has 0 radical (unpaired) electrons. The molecule has 1 N–H and O–H groups in total. The van der Waals surface area contributed by atoms with Crippen LogP contribution in [0.3, 0.4) is 0 Å². The molecule has 6 nitrogen and oxygen atoms in total. The number of carbonyl (C=O) groups is 1. The van der Waals surface area contributed by atoms with Crippen molar-refractivity contribution in [3.05, 3.63) is 87.3 Å². The van der Waals surface area contributed by atoms with E-state index in [-0.39, 0.29) is 18.2 Å². The van der Waals surface area contributed by atoms with Crippen LogP contribution in [0.2, 0.25) is 0 Å². The number of aliphatic hydroxyl groups is 1. The first-order valence-electron chi connectivity index (χ1n) is 14.5. The average Bonchev–Trinajstić information content (AvgIpc) is 2.96. The first-order chi connectivity index (χ1) is 19.3. The predicted molar refractivity (Wildman–Crippen MR) is 157 cm³/mol. The summed E-state index contributed by atoms with van der Waals surface area (Å²) in [5, 5.41) is 14.1. The van der Waals surface area contributed by atoms with E-state index in [1.54, 1.807) is 0 Å². The van der Waals surface area contributed by atoms with E-state index in [0.29, 0.717) is 49.4 Å². The molecule has 0 bridgehead atoms. The molecule has 1 aliphatic heterocycles. The normalized spacial score (nSPS) is 21.0. The fraction of sp³-hybridized carbons (Fsp3) is 0.412. The number of hydrogen-bond donors (Lipinski definition) is 1. The lowest BCUT2D eigenvalue weighted by molar-refractivity contribution is -0.143. The third-order valence-corrected chi connectivity index (χ3v) is 9.29. The monoisotopic (exact) mass is 539 g/mol. The maximum absolute atomic E-state index is 13.1. The van der Waals surface area contributed by atoms with E-state index in [2.05, 4.69) is 24.3 Å². The van der Waals surface area contributed by atoms with Crippen LogP contribution in [-0.2, 0) is 17.8 Å². The molecule has 40 heavy (non-hydrogen) atoms. The predicted octanol–water partition coefficient (Wildman–Crippen LogP) is 6.23. The van der Waals surface area contributed by atoms with E-state index < -0.39 is 11.2 Å². The van der Waals surface area contributed by atoms with Gasteiger partial charge in [0.15, 0.2) is 0 Å². The first-order valence-corrected chi connectivity index (χ1v) is 14.5. The molecule has 0 spiro atoms. The molecule has 6 heteroatoms. The van der Waals surface area contributed by atoms with Crippen molar-refractivity contribution >= 4 is 27.6 Å². The number of amides is 1. The van der Waals surface area contributed by atoms with Crippen LogP contribution >= 0.6 is 0 Å². The van der Waals surface area contributed by atoms with Crippen LogP contribution in [0.15, 0.2) is 63.8 Å². The van der Waals surface area contributed by atoms with Gasteiger partial charge in [-0.2, -0.15) is 0 Å². The Hall–Kier alpha value is -3.64. The SMILES string of the molecule is Cc1c(CCC(=O)N2CC[C@]3(O)CCCC[C@@H]3C2)c(=O)oc2c(C)c(OCc3cccc4ccccc34)ccc12. The molecule has 1 aliphatic carbocycles. The Bertz CT molecular complexity index is 1630. The highest BCUT2D eigenvalue weighted by molar-refractivity contribution is 5.87. The molecule has 6 rings (SSSR count). The van der Waals surface area contributed by atoms with Crippen LogP contribution in [0, 0.1) is 19.8 Å². The number of rotatable bonds is 6. The zero-order chi connectivity index (χ0) is 27.9. The van der Waals surface area contributed by atoms with Crippen molar-refractivity contribution in [2.24, 2.45) is 5.92 Å². The average molecular weight is 540 g/mol. The van der Waals surface area contributed by atoms with Crippen LogP contribution in [0.25, 0.3) is 21.7 Å². The van der Waals surface area contributed by atoms with Gasteiger partial charge in [0.1, 0.15) is 17.9 Å². The minimum absolute atomic E-state index is 0.0416. The van der Waals surface area contributed by atoms with Crippen molar-refractivity contribution in [3.63, 3.8) is 0 Å². The number of likely N-dealkylation sites (tertiary alicyclic amines) is 1. The number of aryl methyl sites for hydroxylation is 2. The largest absolute Gasteiger partial charge is 0.488 e. The van der Waals surface area contributed by atoms with E-state index in [0.717, 1.165) is 53.1 Å². The van der Waals surface area contributed by atoms with Crippen molar-refractivity contribution in [1.82, 2.24) is 4.90 Å².